The highest BCUT2D eigenvalue weighted by Gasteiger charge is 2.36. The number of para-hydroxylation sites is 1. The van der Waals surface area contributed by atoms with Crippen LogP contribution in [-0.4, -0.2) is 40.8 Å². The van der Waals surface area contributed by atoms with E-state index in [9.17, 15) is 26.4 Å². The zero-order valence-electron chi connectivity index (χ0n) is 16.6. The molecule has 2 aromatic rings. The maximum Gasteiger partial charge on any atom is 0.418 e. The van der Waals surface area contributed by atoms with E-state index in [-0.39, 0.29) is 11.4 Å². The molecule has 0 aliphatic rings. The molecule has 2 rings (SSSR count). The van der Waals surface area contributed by atoms with E-state index in [0.717, 1.165) is 22.7 Å². The molecule has 164 valence electrons. The Balaban J connectivity index is 2.48. The summed E-state index contributed by atoms with van der Waals surface area (Å²) in [5.41, 5.74) is -1.52. The number of alkyl halides is 3. The van der Waals surface area contributed by atoms with Gasteiger partial charge in [0, 0.05) is 6.07 Å². The number of hydrogen-bond acceptors (Lipinski definition) is 5. The highest BCUT2D eigenvalue weighted by Crippen LogP contribution is 2.37. The molecule has 0 aromatic heterocycles. The van der Waals surface area contributed by atoms with E-state index < -0.39 is 39.4 Å². The lowest BCUT2D eigenvalue weighted by Crippen LogP contribution is -2.45. The van der Waals surface area contributed by atoms with Crippen LogP contribution in [0.5, 0.6) is 11.5 Å². The van der Waals surface area contributed by atoms with Gasteiger partial charge in [-0.05, 0) is 31.2 Å². The Labute approximate surface area is 172 Å². The Hall–Kier alpha value is -2.95. The van der Waals surface area contributed by atoms with Crippen LogP contribution in [0.1, 0.15) is 12.5 Å². The average molecular weight is 446 g/mol. The summed E-state index contributed by atoms with van der Waals surface area (Å²) in [6.07, 6.45) is -3.82. The molecule has 7 nitrogen and oxygen atoms in total. The van der Waals surface area contributed by atoms with Gasteiger partial charge in [-0.15, -0.1) is 0 Å². The molecule has 0 spiro atoms. The third kappa shape index (κ3) is 5.15. The topological polar surface area (TPSA) is 84.9 Å². The first-order valence-corrected chi connectivity index (χ1v) is 10.4. The van der Waals surface area contributed by atoms with Gasteiger partial charge < -0.3 is 14.8 Å². The summed E-state index contributed by atoms with van der Waals surface area (Å²) in [5.74, 6) is -0.520. The molecule has 0 bridgehead atoms. The summed E-state index contributed by atoms with van der Waals surface area (Å²) >= 11 is 0. The minimum atomic E-state index is -4.69. The van der Waals surface area contributed by atoms with Crippen LogP contribution in [0.25, 0.3) is 0 Å². The van der Waals surface area contributed by atoms with E-state index in [1.54, 1.807) is 0 Å². The Bertz CT molecular complexity index is 1030. The van der Waals surface area contributed by atoms with Crippen LogP contribution in [0.15, 0.2) is 42.5 Å². The van der Waals surface area contributed by atoms with Crippen LogP contribution in [0.3, 0.4) is 0 Å². The van der Waals surface area contributed by atoms with E-state index in [0.29, 0.717) is 5.75 Å². The third-order valence-electron chi connectivity index (χ3n) is 4.20. The lowest BCUT2D eigenvalue weighted by molar-refractivity contribution is -0.137. The number of benzene rings is 2. The van der Waals surface area contributed by atoms with Crippen LogP contribution in [0.2, 0.25) is 0 Å². The normalized spacial score (nSPS) is 12.8. The molecule has 0 unspecified atom stereocenters. The number of amides is 1. The second-order valence-corrected chi connectivity index (χ2v) is 8.16. The van der Waals surface area contributed by atoms with Crippen molar-refractivity contribution in [3.05, 3.63) is 48.0 Å². The Morgan fingerprint density at radius 1 is 1.10 bits per heavy atom. The summed E-state index contributed by atoms with van der Waals surface area (Å²) < 4.78 is 75.7. The summed E-state index contributed by atoms with van der Waals surface area (Å²) in [7, 11) is -1.34. The maximum atomic E-state index is 13.2. The Morgan fingerprint density at radius 3 is 2.27 bits per heavy atom. The molecule has 1 N–H and O–H groups in total. The summed E-state index contributed by atoms with van der Waals surface area (Å²) in [5, 5.41) is 2.17. The molecule has 1 atom stereocenters. The van der Waals surface area contributed by atoms with E-state index in [2.05, 4.69) is 5.32 Å². The highest BCUT2D eigenvalue weighted by molar-refractivity contribution is 7.92. The largest absolute Gasteiger partial charge is 0.497 e. The zero-order valence-corrected chi connectivity index (χ0v) is 17.5. The van der Waals surface area contributed by atoms with Gasteiger partial charge in [0.1, 0.15) is 17.5 Å². The summed E-state index contributed by atoms with van der Waals surface area (Å²) in [4.78, 5) is 12.8. The quantitative estimate of drug-likeness (QED) is 0.704. The van der Waals surface area contributed by atoms with Gasteiger partial charge in [0.2, 0.25) is 15.9 Å². The van der Waals surface area contributed by atoms with Gasteiger partial charge in [-0.2, -0.15) is 13.2 Å². The van der Waals surface area contributed by atoms with Crippen molar-refractivity contribution in [3.8, 4) is 11.5 Å². The second kappa shape index (κ2) is 8.82. The van der Waals surface area contributed by atoms with E-state index in [1.807, 2.05) is 0 Å². The summed E-state index contributed by atoms with van der Waals surface area (Å²) in [6, 6.07) is 7.36. The number of anilines is 2. The van der Waals surface area contributed by atoms with Crippen LogP contribution < -0.4 is 19.1 Å². The fourth-order valence-electron chi connectivity index (χ4n) is 2.83. The van der Waals surface area contributed by atoms with Gasteiger partial charge in [-0.25, -0.2) is 8.42 Å². The van der Waals surface area contributed by atoms with Crippen molar-refractivity contribution >= 4 is 27.3 Å². The first-order chi connectivity index (χ1) is 13.9. The predicted molar refractivity (Wildman–Crippen MR) is 106 cm³/mol. The van der Waals surface area contributed by atoms with E-state index in [4.69, 9.17) is 9.47 Å². The molecule has 0 saturated carbocycles. The summed E-state index contributed by atoms with van der Waals surface area (Å²) in [6.45, 7) is 1.26. The van der Waals surface area contributed by atoms with Crippen LogP contribution in [0, 0.1) is 0 Å². The fraction of sp³-hybridized carbons (Fsp3) is 0.316. The molecule has 0 radical (unpaired) electrons. The van der Waals surface area contributed by atoms with Crippen molar-refractivity contribution in [3.63, 3.8) is 0 Å². The SMILES string of the molecule is COc1ccc(OC)c(N([C@H](C)C(=O)Nc2ccccc2C(F)(F)F)S(C)(=O)=O)c1. The standard InChI is InChI=1S/C19H21F3N2O5S/c1-12(18(25)23-15-8-6-5-7-14(15)19(20,21)22)24(30(4,26)27)16-11-13(28-2)9-10-17(16)29-3/h5-12H,1-4H3,(H,23,25)/t12-/m1/s1. The molecule has 1 amide bonds. The first-order valence-electron chi connectivity index (χ1n) is 8.58. The smallest absolute Gasteiger partial charge is 0.418 e. The van der Waals surface area contributed by atoms with Crippen molar-refractivity contribution in [2.45, 2.75) is 19.1 Å². The molecule has 11 heteroatoms. The van der Waals surface area contributed by atoms with Crippen LogP contribution >= 0.6 is 0 Å². The second-order valence-electron chi connectivity index (χ2n) is 6.31. The van der Waals surface area contributed by atoms with Gasteiger partial charge >= 0.3 is 6.18 Å². The highest BCUT2D eigenvalue weighted by atomic mass is 32.2. The zero-order chi connectivity index (χ0) is 22.7. The molecule has 30 heavy (non-hydrogen) atoms. The number of halogens is 3. The molecule has 0 heterocycles. The number of ether oxygens (including phenoxy) is 2. The fourth-order valence-corrected chi connectivity index (χ4v) is 4.00. The minimum absolute atomic E-state index is 0.00565. The van der Waals surface area contributed by atoms with Crippen molar-refractivity contribution in [1.82, 2.24) is 0 Å². The van der Waals surface area contributed by atoms with Crippen molar-refractivity contribution in [1.29, 1.82) is 0 Å². The number of nitrogens with zero attached hydrogens (tertiary/aromatic N) is 1. The number of hydrogen-bond donors (Lipinski definition) is 1. The predicted octanol–water partition coefficient (Wildman–Crippen LogP) is 3.52. The number of carbonyl (C=O) groups is 1. The van der Waals surface area contributed by atoms with Gasteiger partial charge in [-0.3, -0.25) is 9.10 Å². The number of sulfonamides is 1. The number of nitrogens with one attached hydrogen (secondary N) is 1. The van der Waals surface area contributed by atoms with Crippen LogP contribution in [-0.2, 0) is 21.0 Å². The van der Waals surface area contributed by atoms with Gasteiger partial charge in [0.25, 0.3) is 0 Å². The van der Waals surface area contributed by atoms with Crippen molar-refractivity contribution in [2.75, 3.05) is 30.1 Å². The average Bonchev–Trinajstić information content (AvgIpc) is 2.66. The molecular formula is C19H21F3N2O5S. The third-order valence-corrected chi connectivity index (χ3v) is 5.43. The molecule has 0 aliphatic heterocycles. The Morgan fingerprint density at radius 2 is 1.73 bits per heavy atom. The van der Waals surface area contributed by atoms with Gasteiger partial charge in [-0.1, -0.05) is 12.1 Å². The molecular weight excluding hydrogens is 425 g/mol. The molecule has 2 aromatic carbocycles. The maximum absolute atomic E-state index is 13.2. The molecule has 0 saturated heterocycles. The minimum Gasteiger partial charge on any atom is -0.497 e. The first kappa shape index (κ1) is 23.3. The number of methoxy groups -OCH3 is 2. The lowest BCUT2D eigenvalue weighted by atomic mass is 10.1. The van der Waals surface area contributed by atoms with Gasteiger partial charge in [0.05, 0.1) is 37.4 Å². The van der Waals surface area contributed by atoms with Crippen molar-refractivity contribution < 1.29 is 35.9 Å². The number of carbonyl (C=O) groups excluding carboxylic acids is 1. The lowest BCUT2D eigenvalue weighted by Gasteiger charge is -2.30. The molecule has 0 fully saturated rings. The van der Waals surface area contributed by atoms with E-state index in [1.165, 1.54) is 51.5 Å². The number of rotatable bonds is 7. The monoisotopic (exact) mass is 446 g/mol. The molecule has 0 aliphatic carbocycles. The van der Waals surface area contributed by atoms with Crippen LogP contribution in [0.4, 0.5) is 24.5 Å². The van der Waals surface area contributed by atoms with Gasteiger partial charge in [0.15, 0.2) is 0 Å². The van der Waals surface area contributed by atoms with E-state index >= 15 is 0 Å². The van der Waals surface area contributed by atoms with Crippen molar-refractivity contribution in [2.24, 2.45) is 0 Å². The Kier molecular flexibility index (Phi) is 6.86.